The molecule has 1 saturated heterocycles. The first-order chi connectivity index (χ1) is 4.38. The largest absolute Gasteiger partial charge is 0.114 e. The van der Waals surface area contributed by atoms with Crippen molar-refractivity contribution in [2.24, 2.45) is 5.92 Å². The molecule has 0 aromatic heterocycles. The van der Waals surface area contributed by atoms with Crippen LogP contribution >= 0.6 is 8.58 Å². The highest BCUT2D eigenvalue weighted by Gasteiger charge is 2.20. The van der Waals surface area contributed by atoms with E-state index in [0.717, 1.165) is 20.2 Å². The third-order valence-corrected chi connectivity index (χ3v) is 3.59. The second kappa shape index (κ2) is 3.17. The van der Waals surface area contributed by atoms with Crippen LogP contribution < -0.4 is 0 Å². The molecule has 0 aromatic rings. The molecule has 0 N–H and O–H groups in total. The second-order valence-electron chi connectivity index (χ2n) is 2.40. The van der Waals surface area contributed by atoms with E-state index in [0.29, 0.717) is 0 Å². The van der Waals surface area contributed by atoms with E-state index in [1.165, 1.54) is 12.6 Å². The summed E-state index contributed by atoms with van der Waals surface area (Å²) < 4.78 is 0. The molecule has 0 amide bonds. The quantitative estimate of drug-likeness (QED) is 0.408. The Labute approximate surface area is 58.8 Å². The standard InChI is InChI=1S/C8H13P/c1-3-7-5-6-9-8(7)4-2/h3-4,7-9H,1-2,5-6H2. The Morgan fingerprint density at radius 2 is 2.11 bits per heavy atom. The second-order valence-corrected chi connectivity index (χ2v) is 3.98. The van der Waals surface area contributed by atoms with Gasteiger partial charge in [-0.2, -0.15) is 0 Å². The fraction of sp³-hybridized carbons (Fsp3) is 0.500. The zero-order valence-corrected chi connectivity index (χ0v) is 6.64. The number of hydrogen-bond donors (Lipinski definition) is 0. The molecule has 0 aliphatic carbocycles. The van der Waals surface area contributed by atoms with Gasteiger partial charge >= 0.3 is 0 Å². The average Bonchev–Trinajstić information content (AvgIpc) is 2.33. The van der Waals surface area contributed by atoms with Crippen molar-refractivity contribution in [2.45, 2.75) is 12.1 Å². The summed E-state index contributed by atoms with van der Waals surface area (Å²) in [4.78, 5) is 0. The van der Waals surface area contributed by atoms with Crippen LogP contribution in [0.4, 0.5) is 0 Å². The lowest BCUT2D eigenvalue weighted by Gasteiger charge is -2.08. The van der Waals surface area contributed by atoms with Gasteiger partial charge in [0.25, 0.3) is 0 Å². The summed E-state index contributed by atoms with van der Waals surface area (Å²) in [6.45, 7) is 7.60. The molecule has 0 aromatic carbocycles. The summed E-state index contributed by atoms with van der Waals surface area (Å²) in [5, 5.41) is 0. The van der Waals surface area contributed by atoms with E-state index in [9.17, 15) is 0 Å². The van der Waals surface area contributed by atoms with Gasteiger partial charge in [-0.25, -0.2) is 0 Å². The third-order valence-electron chi connectivity index (χ3n) is 1.88. The summed E-state index contributed by atoms with van der Waals surface area (Å²) in [6.07, 6.45) is 6.87. The molecule has 1 fully saturated rings. The van der Waals surface area contributed by atoms with Crippen LogP contribution in [0.25, 0.3) is 0 Å². The highest BCUT2D eigenvalue weighted by Crippen LogP contribution is 2.38. The molecular weight excluding hydrogens is 127 g/mol. The van der Waals surface area contributed by atoms with Gasteiger partial charge in [-0.3, -0.25) is 0 Å². The van der Waals surface area contributed by atoms with Gasteiger partial charge in [-0.05, 0) is 18.5 Å². The summed E-state index contributed by atoms with van der Waals surface area (Å²) in [6, 6.07) is 0. The van der Waals surface area contributed by atoms with Crippen molar-refractivity contribution in [3.8, 4) is 0 Å². The van der Waals surface area contributed by atoms with Crippen molar-refractivity contribution in [1.29, 1.82) is 0 Å². The van der Waals surface area contributed by atoms with Crippen molar-refractivity contribution in [3.05, 3.63) is 25.3 Å². The van der Waals surface area contributed by atoms with Crippen LogP contribution in [0.1, 0.15) is 6.42 Å². The minimum Gasteiger partial charge on any atom is -0.114 e. The molecule has 0 nitrogen and oxygen atoms in total. The molecular formula is C8H13P. The van der Waals surface area contributed by atoms with Gasteiger partial charge in [-0.15, -0.1) is 21.7 Å². The normalized spacial score (nSPS) is 36.9. The molecule has 1 rings (SSSR count). The van der Waals surface area contributed by atoms with Crippen molar-refractivity contribution < 1.29 is 0 Å². The van der Waals surface area contributed by atoms with Crippen molar-refractivity contribution in [1.82, 2.24) is 0 Å². The van der Waals surface area contributed by atoms with E-state index in [2.05, 4.69) is 25.3 Å². The third kappa shape index (κ3) is 1.43. The first-order valence-corrected chi connectivity index (χ1v) is 4.65. The van der Waals surface area contributed by atoms with Crippen LogP contribution in [0, 0.1) is 5.92 Å². The molecule has 3 atom stereocenters. The SMILES string of the molecule is C=CC1CCPC1C=C. The number of allylic oxidation sites excluding steroid dienone is 2. The van der Waals surface area contributed by atoms with Gasteiger partial charge in [-0.1, -0.05) is 12.2 Å². The lowest BCUT2D eigenvalue weighted by Crippen LogP contribution is -2.02. The maximum absolute atomic E-state index is 3.80. The van der Waals surface area contributed by atoms with E-state index in [4.69, 9.17) is 0 Å². The summed E-state index contributed by atoms with van der Waals surface area (Å²) in [5.41, 5.74) is 0.752. The van der Waals surface area contributed by atoms with Gasteiger partial charge in [0, 0.05) is 5.66 Å². The number of hydrogen-bond acceptors (Lipinski definition) is 0. The van der Waals surface area contributed by atoms with E-state index < -0.39 is 0 Å². The predicted octanol–water partition coefficient (Wildman–Crippen LogP) is 2.43. The van der Waals surface area contributed by atoms with Crippen LogP contribution in [0.15, 0.2) is 25.3 Å². The molecule has 0 bridgehead atoms. The molecule has 1 aliphatic heterocycles. The van der Waals surface area contributed by atoms with Gasteiger partial charge in [0.2, 0.25) is 0 Å². The lowest BCUT2D eigenvalue weighted by atomic mass is 10.0. The van der Waals surface area contributed by atoms with Crippen molar-refractivity contribution in [2.75, 3.05) is 6.16 Å². The van der Waals surface area contributed by atoms with Crippen molar-refractivity contribution >= 4 is 8.58 Å². The zero-order chi connectivity index (χ0) is 6.69. The molecule has 0 radical (unpaired) electrons. The van der Waals surface area contributed by atoms with Crippen LogP contribution in [0.5, 0.6) is 0 Å². The van der Waals surface area contributed by atoms with E-state index in [1.807, 2.05) is 0 Å². The Morgan fingerprint density at radius 3 is 2.56 bits per heavy atom. The van der Waals surface area contributed by atoms with Crippen LogP contribution in [-0.4, -0.2) is 11.8 Å². The molecule has 1 heteroatoms. The summed E-state index contributed by atoms with van der Waals surface area (Å²) >= 11 is 0. The Kier molecular flexibility index (Phi) is 2.48. The van der Waals surface area contributed by atoms with E-state index in [-0.39, 0.29) is 0 Å². The Hall–Kier alpha value is -0.0900. The summed E-state index contributed by atoms with van der Waals surface area (Å²) in [5.74, 6) is 0.737. The molecule has 1 heterocycles. The Balaban J connectivity index is 2.50. The highest BCUT2D eigenvalue weighted by atomic mass is 31.1. The molecule has 0 saturated carbocycles. The Bertz CT molecular complexity index is 104. The zero-order valence-electron chi connectivity index (χ0n) is 5.64. The molecule has 50 valence electrons. The van der Waals surface area contributed by atoms with Gasteiger partial charge in [0.15, 0.2) is 0 Å². The monoisotopic (exact) mass is 140 g/mol. The van der Waals surface area contributed by atoms with Gasteiger partial charge < -0.3 is 0 Å². The molecule has 0 spiro atoms. The van der Waals surface area contributed by atoms with Gasteiger partial charge in [0.05, 0.1) is 0 Å². The minimum absolute atomic E-state index is 0.737. The van der Waals surface area contributed by atoms with E-state index >= 15 is 0 Å². The minimum atomic E-state index is 0.737. The summed E-state index contributed by atoms with van der Waals surface area (Å²) in [7, 11) is 1.10. The Morgan fingerprint density at radius 1 is 1.33 bits per heavy atom. The van der Waals surface area contributed by atoms with Crippen LogP contribution in [-0.2, 0) is 0 Å². The van der Waals surface area contributed by atoms with Crippen molar-refractivity contribution in [3.63, 3.8) is 0 Å². The molecule has 3 unspecified atom stereocenters. The van der Waals surface area contributed by atoms with E-state index in [1.54, 1.807) is 0 Å². The maximum atomic E-state index is 3.80. The first kappa shape index (κ1) is 7.02. The lowest BCUT2D eigenvalue weighted by molar-refractivity contribution is 0.691. The predicted molar refractivity (Wildman–Crippen MR) is 45.5 cm³/mol. The van der Waals surface area contributed by atoms with Crippen LogP contribution in [0.3, 0.4) is 0 Å². The van der Waals surface area contributed by atoms with Crippen LogP contribution in [0.2, 0.25) is 0 Å². The first-order valence-electron chi connectivity index (χ1n) is 3.37. The number of rotatable bonds is 2. The fourth-order valence-corrected chi connectivity index (χ4v) is 2.88. The fourth-order valence-electron chi connectivity index (χ4n) is 1.27. The maximum Gasteiger partial charge on any atom is 0.000289 e. The average molecular weight is 140 g/mol. The highest BCUT2D eigenvalue weighted by molar-refractivity contribution is 7.39. The molecule has 1 aliphatic rings. The smallest absolute Gasteiger partial charge is 0.000289 e. The molecule has 9 heavy (non-hydrogen) atoms. The topological polar surface area (TPSA) is 0 Å². The van der Waals surface area contributed by atoms with Gasteiger partial charge in [0.1, 0.15) is 0 Å².